The van der Waals surface area contributed by atoms with Crippen molar-refractivity contribution in [2.75, 3.05) is 0 Å². The summed E-state index contributed by atoms with van der Waals surface area (Å²) in [5, 5.41) is 7.55. The van der Waals surface area contributed by atoms with Crippen LogP contribution in [0.3, 0.4) is 0 Å². The molecule has 6 heteroatoms. The van der Waals surface area contributed by atoms with Crippen LogP contribution in [0.25, 0.3) is 0 Å². The summed E-state index contributed by atoms with van der Waals surface area (Å²) in [6, 6.07) is 0. The first-order valence-electron chi connectivity index (χ1n) is 6.69. The fourth-order valence-electron chi connectivity index (χ4n) is 2.75. The van der Waals surface area contributed by atoms with Crippen LogP contribution in [0.5, 0.6) is 5.88 Å². The van der Waals surface area contributed by atoms with Gasteiger partial charge in [-0.15, -0.1) is 10.2 Å². The summed E-state index contributed by atoms with van der Waals surface area (Å²) in [4.78, 5) is 4.02. The van der Waals surface area contributed by atoms with Crippen LogP contribution in [0.1, 0.15) is 40.0 Å². The van der Waals surface area contributed by atoms with Crippen LogP contribution in [-0.2, 0) is 0 Å². The molecule has 1 aliphatic rings. The van der Waals surface area contributed by atoms with Crippen molar-refractivity contribution in [1.29, 1.82) is 0 Å². The number of rotatable bonds is 3. The molecule has 1 aromatic rings. The van der Waals surface area contributed by atoms with Gasteiger partial charge >= 0.3 is 0 Å². The Bertz CT molecular complexity index is 442. The lowest BCUT2D eigenvalue weighted by molar-refractivity contribution is 0.0422. The number of hydrogen-bond donors (Lipinski definition) is 0. The Labute approximate surface area is 123 Å². The highest BCUT2D eigenvalue weighted by Gasteiger charge is 2.33. The molecule has 0 aromatic carbocycles. The van der Waals surface area contributed by atoms with Gasteiger partial charge in [-0.1, -0.05) is 38.8 Å². The Balaban J connectivity index is 2.16. The van der Waals surface area contributed by atoms with E-state index in [0.717, 1.165) is 6.42 Å². The van der Waals surface area contributed by atoms with Crippen LogP contribution in [-0.4, -0.2) is 21.3 Å². The smallest absolute Gasteiger partial charge is 0.257 e. The van der Waals surface area contributed by atoms with Crippen molar-refractivity contribution >= 4 is 23.2 Å². The number of halogens is 2. The molecule has 0 saturated heterocycles. The van der Waals surface area contributed by atoms with Gasteiger partial charge in [-0.25, -0.2) is 0 Å². The van der Waals surface area contributed by atoms with Crippen molar-refractivity contribution in [3.05, 3.63) is 10.4 Å². The van der Waals surface area contributed by atoms with Gasteiger partial charge in [0, 0.05) is 0 Å². The second-order valence-electron chi connectivity index (χ2n) is 5.66. The molecule has 1 fully saturated rings. The topological polar surface area (TPSA) is 47.9 Å². The predicted octanol–water partition coefficient (Wildman–Crippen LogP) is 4.02. The van der Waals surface area contributed by atoms with Gasteiger partial charge in [0.25, 0.3) is 5.88 Å². The minimum atomic E-state index is 0.0596. The minimum absolute atomic E-state index is 0.0596. The minimum Gasteiger partial charge on any atom is -0.472 e. The number of hydrogen-bond acceptors (Lipinski definition) is 4. The molecule has 106 valence electrons. The van der Waals surface area contributed by atoms with Gasteiger partial charge in [-0.2, -0.15) is 4.98 Å². The summed E-state index contributed by atoms with van der Waals surface area (Å²) < 4.78 is 5.98. The van der Waals surface area contributed by atoms with E-state index in [-0.39, 0.29) is 16.5 Å². The summed E-state index contributed by atoms with van der Waals surface area (Å²) in [5.74, 6) is 2.04. The van der Waals surface area contributed by atoms with Crippen LogP contribution < -0.4 is 4.74 Å². The quantitative estimate of drug-likeness (QED) is 0.846. The fraction of sp³-hybridized carbons (Fsp3) is 0.769. The number of ether oxygens (including phenoxy) is 1. The summed E-state index contributed by atoms with van der Waals surface area (Å²) in [7, 11) is 0. The molecule has 2 rings (SSSR count). The maximum atomic E-state index is 5.98. The SMILES string of the molecule is CC1CCC(C(C)C)C(Oc2nc(Cl)nnc2Cl)C1. The molecular formula is C13H19Cl2N3O. The normalized spacial score (nSPS) is 27.6. The van der Waals surface area contributed by atoms with Gasteiger partial charge in [0.05, 0.1) is 0 Å². The molecule has 0 aliphatic heterocycles. The molecule has 19 heavy (non-hydrogen) atoms. The van der Waals surface area contributed by atoms with Gasteiger partial charge < -0.3 is 4.74 Å². The Hall–Kier alpha value is -0.610. The van der Waals surface area contributed by atoms with Crippen LogP contribution in [0.15, 0.2) is 0 Å². The third kappa shape index (κ3) is 3.69. The molecule has 0 bridgehead atoms. The lowest BCUT2D eigenvalue weighted by atomic mass is 9.75. The van der Waals surface area contributed by atoms with E-state index in [1.54, 1.807) is 0 Å². The van der Waals surface area contributed by atoms with Crippen molar-refractivity contribution in [2.24, 2.45) is 17.8 Å². The maximum absolute atomic E-state index is 5.98. The van der Waals surface area contributed by atoms with Crippen molar-refractivity contribution in [3.63, 3.8) is 0 Å². The van der Waals surface area contributed by atoms with E-state index in [1.165, 1.54) is 12.8 Å². The van der Waals surface area contributed by atoms with E-state index in [9.17, 15) is 0 Å². The Kier molecular flexibility index (Phi) is 4.85. The van der Waals surface area contributed by atoms with Crippen molar-refractivity contribution in [1.82, 2.24) is 15.2 Å². The van der Waals surface area contributed by atoms with E-state index in [2.05, 4.69) is 36.0 Å². The molecule has 1 saturated carbocycles. The lowest BCUT2D eigenvalue weighted by Gasteiger charge is -2.36. The number of nitrogens with zero attached hydrogens (tertiary/aromatic N) is 3. The Morgan fingerprint density at radius 3 is 2.63 bits per heavy atom. The molecule has 3 atom stereocenters. The Morgan fingerprint density at radius 1 is 1.21 bits per heavy atom. The van der Waals surface area contributed by atoms with Crippen molar-refractivity contribution < 1.29 is 4.74 Å². The summed E-state index contributed by atoms with van der Waals surface area (Å²) in [5.41, 5.74) is 0. The standard InChI is InChI=1S/C13H19Cl2N3O/c1-7(2)9-5-4-8(3)6-10(9)19-12-11(14)17-18-13(15)16-12/h7-10H,4-6H2,1-3H3. The molecule has 1 aromatic heterocycles. The van der Waals surface area contributed by atoms with E-state index >= 15 is 0 Å². The third-order valence-electron chi connectivity index (χ3n) is 3.81. The van der Waals surface area contributed by atoms with Crippen molar-refractivity contribution in [3.8, 4) is 5.88 Å². The zero-order chi connectivity index (χ0) is 14.0. The van der Waals surface area contributed by atoms with Gasteiger partial charge in [0.2, 0.25) is 10.4 Å². The highest BCUT2D eigenvalue weighted by Crippen LogP contribution is 2.36. The van der Waals surface area contributed by atoms with E-state index in [0.29, 0.717) is 23.6 Å². The van der Waals surface area contributed by atoms with Gasteiger partial charge in [-0.3, -0.25) is 0 Å². The second-order valence-corrected chi connectivity index (χ2v) is 6.36. The van der Waals surface area contributed by atoms with Gasteiger partial charge in [-0.05, 0) is 42.2 Å². The van der Waals surface area contributed by atoms with Crippen molar-refractivity contribution in [2.45, 2.75) is 46.1 Å². The molecule has 0 amide bonds. The van der Waals surface area contributed by atoms with E-state index in [1.807, 2.05) is 0 Å². The van der Waals surface area contributed by atoms with Crippen LogP contribution in [0, 0.1) is 17.8 Å². The summed E-state index contributed by atoms with van der Waals surface area (Å²) in [6.45, 7) is 6.70. The van der Waals surface area contributed by atoms with Crippen LogP contribution in [0.4, 0.5) is 0 Å². The average molecular weight is 304 g/mol. The molecule has 0 spiro atoms. The molecule has 0 N–H and O–H groups in total. The second kappa shape index (κ2) is 6.23. The maximum Gasteiger partial charge on any atom is 0.257 e. The largest absolute Gasteiger partial charge is 0.472 e. The number of aromatic nitrogens is 3. The van der Waals surface area contributed by atoms with Gasteiger partial charge in [0.15, 0.2) is 0 Å². The monoisotopic (exact) mass is 303 g/mol. The molecule has 4 nitrogen and oxygen atoms in total. The first-order valence-corrected chi connectivity index (χ1v) is 7.45. The molecule has 1 heterocycles. The highest BCUT2D eigenvalue weighted by atomic mass is 35.5. The molecular weight excluding hydrogens is 285 g/mol. The predicted molar refractivity (Wildman–Crippen MR) is 75.6 cm³/mol. The first-order chi connectivity index (χ1) is 8.97. The van der Waals surface area contributed by atoms with Crippen LogP contribution >= 0.6 is 23.2 Å². The average Bonchev–Trinajstić information content (AvgIpc) is 2.33. The molecule has 1 aliphatic carbocycles. The van der Waals surface area contributed by atoms with E-state index < -0.39 is 0 Å². The van der Waals surface area contributed by atoms with E-state index in [4.69, 9.17) is 27.9 Å². The molecule has 3 unspecified atom stereocenters. The zero-order valence-corrected chi connectivity index (χ0v) is 12.9. The Morgan fingerprint density at radius 2 is 1.95 bits per heavy atom. The highest BCUT2D eigenvalue weighted by molar-refractivity contribution is 6.31. The zero-order valence-electron chi connectivity index (χ0n) is 11.4. The first kappa shape index (κ1) is 14.8. The lowest BCUT2D eigenvalue weighted by Crippen LogP contribution is -2.36. The molecule has 0 radical (unpaired) electrons. The summed E-state index contributed by atoms with van der Waals surface area (Å²) in [6.07, 6.45) is 3.56. The fourth-order valence-corrected chi connectivity index (χ4v) is 2.99. The van der Waals surface area contributed by atoms with Gasteiger partial charge in [0.1, 0.15) is 6.10 Å². The summed E-state index contributed by atoms with van der Waals surface area (Å²) >= 11 is 11.7. The third-order valence-corrected chi connectivity index (χ3v) is 4.21. The van der Waals surface area contributed by atoms with Crippen LogP contribution in [0.2, 0.25) is 10.4 Å².